The summed E-state index contributed by atoms with van der Waals surface area (Å²) in [6.45, 7) is 0. The van der Waals surface area contributed by atoms with Gasteiger partial charge in [-0.05, 0) is 48.5 Å². The van der Waals surface area contributed by atoms with Crippen LogP contribution in [0.25, 0.3) is 0 Å². The number of hydrogen-bond donors (Lipinski definition) is 0. The molecule has 5 nitrogen and oxygen atoms in total. The zero-order valence-electron chi connectivity index (χ0n) is 12.0. The zero-order valence-corrected chi connectivity index (χ0v) is 13.6. The van der Waals surface area contributed by atoms with Gasteiger partial charge in [-0.2, -0.15) is 0 Å². The molecule has 1 aliphatic rings. The van der Waals surface area contributed by atoms with Crippen molar-refractivity contribution < 1.29 is 19.1 Å². The topological polar surface area (TPSA) is 63.7 Å². The molecule has 2 aromatic carbocycles. The molecule has 1 fully saturated rings. The number of carbonyl (C=O) groups excluding carboxylic acids is 3. The van der Waals surface area contributed by atoms with Gasteiger partial charge in [0.25, 0.3) is 0 Å². The van der Waals surface area contributed by atoms with E-state index in [0.717, 1.165) is 9.37 Å². The van der Waals surface area contributed by atoms with Crippen LogP contribution in [0.5, 0.6) is 5.75 Å². The van der Waals surface area contributed by atoms with Crippen LogP contribution < -0.4 is 9.64 Å². The summed E-state index contributed by atoms with van der Waals surface area (Å²) in [4.78, 5) is 36.5. The van der Waals surface area contributed by atoms with Crippen molar-refractivity contribution in [3.63, 3.8) is 0 Å². The molecule has 0 radical (unpaired) electrons. The van der Waals surface area contributed by atoms with Gasteiger partial charge in [0.15, 0.2) is 0 Å². The summed E-state index contributed by atoms with van der Waals surface area (Å²) in [5.41, 5.74) is 0.920. The normalized spacial score (nSPS) is 14.2. The van der Waals surface area contributed by atoms with E-state index in [0.29, 0.717) is 17.0 Å². The molecule has 2 aromatic rings. The highest BCUT2D eigenvalue weighted by Crippen LogP contribution is 2.25. The number of carbonyl (C=O) groups is 3. The highest BCUT2D eigenvalue weighted by Gasteiger charge is 2.30. The fourth-order valence-corrected chi connectivity index (χ4v) is 2.54. The highest BCUT2D eigenvalue weighted by molar-refractivity contribution is 9.10. The highest BCUT2D eigenvalue weighted by atomic mass is 79.9. The van der Waals surface area contributed by atoms with Crippen molar-refractivity contribution in [2.24, 2.45) is 0 Å². The lowest BCUT2D eigenvalue weighted by atomic mass is 10.2. The van der Waals surface area contributed by atoms with Crippen LogP contribution in [0.2, 0.25) is 0 Å². The fraction of sp³-hybridized carbons (Fsp3) is 0.118. The average Bonchev–Trinajstić information content (AvgIpc) is 2.88. The lowest BCUT2D eigenvalue weighted by Crippen LogP contribution is -2.28. The Balaban J connectivity index is 1.72. The molecular formula is C17H12BrNO4. The summed E-state index contributed by atoms with van der Waals surface area (Å²) in [7, 11) is 0. The Morgan fingerprint density at radius 2 is 1.48 bits per heavy atom. The maximum Gasteiger partial charge on any atom is 0.343 e. The summed E-state index contributed by atoms with van der Waals surface area (Å²) in [5.74, 6) is -0.552. The Kier molecular flexibility index (Phi) is 4.25. The minimum absolute atomic E-state index is 0.213. The van der Waals surface area contributed by atoms with Gasteiger partial charge in [-0.3, -0.25) is 14.5 Å². The molecule has 1 saturated heterocycles. The number of amides is 2. The Labute approximate surface area is 141 Å². The van der Waals surface area contributed by atoms with E-state index in [-0.39, 0.29) is 24.7 Å². The summed E-state index contributed by atoms with van der Waals surface area (Å²) >= 11 is 3.30. The number of esters is 1. The molecule has 1 heterocycles. The summed E-state index contributed by atoms with van der Waals surface area (Å²) in [5, 5.41) is 0. The lowest BCUT2D eigenvalue weighted by Gasteiger charge is -2.14. The van der Waals surface area contributed by atoms with Crippen LogP contribution in [0.15, 0.2) is 53.0 Å². The van der Waals surface area contributed by atoms with Crippen molar-refractivity contribution in [1.82, 2.24) is 0 Å². The van der Waals surface area contributed by atoms with Gasteiger partial charge in [0.1, 0.15) is 5.75 Å². The largest absolute Gasteiger partial charge is 0.423 e. The number of imide groups is 1. The smallest absolute Gasteiger partial charge is 0.343 e. The summed E-state index contributed by atoms with van der Waals surface area (Å²) in [6, 6.07) is 13.1. The van der Waals surface area contributed by atoms with Crippen molar-refractivity contribution in [3.05, 3.63) is 58.6 Å². The van der Waals surface area contributed by atoms with Crippen molar-refractivity contribution in [2.45, 2.75) is 12.8 Å². The predicted molar refractivity (Wildman–Crippen MR) is 87.3 cm³/mol. The maximum absolute atomic E-state index is 12.0. The molecule has 0 aromatic heterocycles. The van der Waals surface area contributed by atoms with Crippen molar-refractivity contribution in [2.75, 3.05) is 4.90 Å². The van der Waals surface area contributed by atoms with E-state index in [2.05, 4.69) is 15.9 Å². The monoisotopic (exact) mass is 373 g/mol. The molecule has 0 aliphatic carbocycles. The third kappa shape index (κ3) is 3.32. The molecule has 2 amide bonds. The molecule has 0 spiro atoms. The summed E-state index contributed by atoms with van der Waals surface area (Å²) in [6.07, 6.45) is 0.471. The number of nitrogens with zero attached hydrogens (tertiary/aromatic N) is 1. The second-order valence-corrected chi connectivity index (χ2v) is 5.93. The molecule has 23 heavy (non-hydrogen) atoms. The van der Waals surface area contributed by atoms with Crippen LogP contribution in [-0.2, 0) is 9.59 Å². The molecular weight excluding hydrogens is 362 g/mol. The minimum atomic E-state index is -0.474. The van der Waals surface area contributed by atoms with Crippen LogP contribution in [0.3, 0.4) is 0 Å². The van der Waals surface area contributed by atoms with Crippen molar-refractivity contribution >= 4 is 39.4 Å². The van der Waals surface area contributed by atoms with E-state index in [9.17, 15) is 14.4 Å². The first-order chi connectivity index (χ1) is 11.0. The van der Waals surface area contributed by atoms with Crippen LogP contribution in [0.4, 0.5) is 5.69 Å². The standard InChI is InChI=1S/C17H12BrNO4/c18-12-3-1-11(2-4-12)17(22)23-14-7-5-13(6-8-14)19-15(20)9-10-16(19)21/h1-8H,9-10H2. The SMILES string of the molecule is O=C(Oc1ccc(N2C(=O)CCC2=O)cc1)c1ccc(Br)cc1. The predicted octanol–water partition coefficient (Wildman–Crippen LogP) is 3.32. The summed E-state index contributed by atoms with van der Waals surface area (Å²) < 4.78 is 6.14. The second kappa shape index (κ2) is 6.34. The lowest BCUT2D eigenvalue weighted by molar-refractivity contribution is -0.121. The average molecular weight is 374 g/mol. The van der Waals surface area contributed by atoms with Crippen LogP contribution >= 0.6 is 15.9 Å². The van der Waals surface area contributed by atoms with E-state index in [4.69, 9.17) is 4.74 Å². The Morgan fingerprint density at radius 3 is 2.04 bits per heavy atom. The van der Waals surface area contributed by atoms with Gasteiger partial charge in [-0.1, -0.05) is 15.9 Å². The quantitative estimate of drug-likeness (QED) is 0.470. The zero-order chi connectivity index (χ0) is 16.4. The second-order valence-electron chi connectivity index (χ2n) is 5.01. The van der Waals surface area contributed by atoms with Gasteiger partial charge >= 0.3 is 5.97 Å². The van der Waals surface area contributed by atoms with Crippen LogP contribution in [0, 0.1) is 0 Å². The first-order valence-electron chi connectivity index (χ1n) is 6.98. The molecule has 3 rings (SSSR count). The number of benzene rings is 2. The minimum Gasteiger partial charge on any atom is -0.423 e. The van der Waals surface area contributed by atoms with Gasteiger partial charge in [0, 0.05) is 17.3 Å². The van der Waals surface area contributed by atoms with Gasteiger partial charge in [0.2, 0.25) is 11.8 Å². The van der Waals surface area contributed by atoms with Crippen LogP contribution in [-0.4, -0.2) is 17.8 Å². The molecule has 6 heteroatoms. The maximum atomic E-state index is 12.0. The van der Waals surface area contributed by atoms with E-state index in [1.807, 2.05) is 0 Å². The van der Waals surface area contributed by atoms with Gasteiger partial charge < -0.3 is 4.74 Å². The molecule has 116 valence electrons. The van der Waals surface area contributed by atoms with E-state index in [1.54, 1.807) is 48.5 Å². The molecule has 1 aliphatic heterocycles. The number of ether oxygens (including phenoxy) is 1. The first-order valence-corrected chi connectivity index (χ1v) is 7.77. The number of rotatable bonds is 3. The molecule has 0 saturated carbocycles. The van der Waals surface area contributed by atoms with Crippen molar-refractivity contribution in [3.8, 4) is 5.75 Å². The molecule has 0 atom stereocenters. The third-order valence-electron chi connectivity index (χ3n) is 3.44. The van der Waals surface area contributed by atoms with Gasteiger partial charge in [-0.25, -0.2) is 4.79 Å². The fourth-order valence-electron chi connectivity index (χ4n) is 2.28. The Morgan fingerprint density at radius 1 is 0.913 bits per heavy atom. The van der Waals surface area contributed by atoms with Gasteiger partial charge in [0.05, 0.1) is 11.3 Å². The van der Waals surface area contributed by atoms with Crippen molar-refractivity contribution in [1.29, 1.82) is 0 Å². The van der Waals surface area contributed by atoms with E-state index < -0.39 is 5.97 Å². The molecule has 0 bridgehead atoms. The third-order valence-corrected chi connectivity index (χ3v) is 3.97. The first kappa shape index (κ1) is 15.4. The van der Waals surface area contributed by atoms with Crippen LogP contribution in [0.1, 0.15) is 23.2 Å². The Hall–Kier alpha value is -2.47. The number of hydrogen-bond acceptors (Lipinski definition) is 4. The molecule has 0 N–H and O–H groups in total. The van der Waals surface area contributed by atoms with Gasteiger partial charge in [-0.15, -0.1) is 0 Å². The van der Waals surface area contributed by atoms with E-state index in [1.165, 1.54) is 0 Å². The Bertz CT molecular complexity index is 752. The number of anilines is 1. The van der Waals surface area contributed by atoms with E-state index >= 15 is 0 Å². The molecule has 0 unspecified atom stereocenters. The number of halogens is 1.